The molecular weight excluding hydrogens is 328 g/mol. The van der Waals surface area contributed by atoms with Gasteiger partial charge in [-0.2, -0.15) is 5.10 Å². The number of sulfonamides is 1. The first-order chi connectivity index (χ1) is 11.5. The van der Waals surface area contributed by atoms with Gasteiger partial charge in [0.25, 0.3) is 0 Å². The normalized spacial score (nSPS) is 11.7. The molecule has 3 N–H and O–H groups in total. The first-order valence-corrected chi connectivity index (χ1v) is 9.20. The van der Waals surface area contributed by atoms with Gasteiger partial charge in [-0.1, -0.05) is 13.3 Å². The lowest BCUT2D eigenvalue weighted by Crippen LogP contribution is -2.16. The monoisotopic (exact) mass is 346 g/mol. The summed E-state index contributed by atoms with van der Waals surface area (Å²) in [5, 5.41) is 4.94. The predicted molar refractivity (Wildman–Crippen MR) is 93.4 cm³/mol. The van der Waals surface area contributed by atoms with Crippen LogP contribution in [0.25, 0.3) is 16.7 Å². The van der Waals surface area contributed by atoms with Crippen molar-refractivity contribution in [1.29, 1.82) is 0 Å². The van der Waals surface area contributed by atoms with Crippen LogP contribution in [0.4, 0.5) is 11.5 Å². The summed E-state index contributed by atoms with van der Waals surface area (Å²) in [4.78, 5) is 8.12. The number of fused-ring (bicyclic) bond motifs is 1. The van der Waals surface area contributed by atoms with Crippen LogP contribution in [0.2, 0.25) is 0 Å². The average Bonchev–Trinajstić information content (AvgIpc) is 2.99. The van der Waals surface area contributed by atoms with Crippen molar-refractivity contribution in [2.24, 2.45) is 0 Å². The standard InChI is InChI=1S/C15H18N6O2S/c1-2-3-8-24(22,23)20-11-4-6-12(7-5-11)21-15-13(9-19-21)14(16)17-10-18-15/h4-7,9-10,20H,2-3,8H2,1H3,(H2,16,17,18). The Bertz CT molecular complexity index is 950. The number of unbranched alkanes of at least 4 members (excludes halogenated alkanes) is 1. The quantitative estimate of drug-likeness (QED) is 0.704. The van der Waals surface area contributed by atoms with E-state index in [2.05, 4.69) is 19.8 Å². The van der Waals surface area contributed by atoms with Crippen molar-refractivity contribution in [2.75, 3.05) is 16.2 Å². The zero-order valence-electron chi connectivity index (χ0n) is 13.2. The maximum absolute atomic E-state index is 11.9. The van der Waals surface area contributed by atoms with E-state index >= 15 is 0 Å². The number of rotatable bonds is 6. The van der Waals surface area contributed by atoms with E-state index in [1.807, 2.05) is 6.92 Å². The highest BCUT2D eigenvalue weighted by Crippen LogP contribution is 2.21. The average molecular weight is 346 g/mol. The van der Waals surface area contributed by atoms with Crippen LogP contribution in [0.15, 0.2) is 36.8 Å². The van der Waals surface area contributed by atoms with Crippen LogP contribution in [0.5, 0.6) is 0 Å². The van der Waals surface area contributed by atoms with Gasteiger partial charge < -0.3 is 5.73 Å². The van der Waals surface area contributed by atoms with Gasteiger partial charge in [0.1, 0.15) is 12.1 Å². The van der Waals surface area contributed by atoms with Gasteiger partial charge in [0.2, 0.25) is 10.0 Å². The Morgan fingerprint density at radius 3 is 2.67 bits per heavy atom. The van der Waals surface area contributed by atoms with E-state index in [1.54, 1.807) is 35.1 Å². The first-order valence-electron chi connectivity index (χ1n) is 7.55. The van der Waals surface area contributed by atoms with E-state index in [9.17, 15) is 8.42 Å². The van der Waals surface area contributed by atoms with Crippen LogP contribution in [0.1, 0.15) is 19.8 Å². The Hall–Kier alpha value is -2.68. The molecule has 3 aromatic rings. The highest BCUT2D eigenvalue weighted by atomic mass is 32.2. The Morgan fingerprint density at radius 2 is 1.96 bits per heavy atom. The molecule has 126 valence electrons. The minimum Gasteiger partial charge on any atom is -0.383 e. The molecule has 24 heavy (non-hydrogen) atoms. The van der Waals surface area contributed by atoms with E-state index in [0.29, 0.717) is 29.0 Å². The molecule has 0 aliphatic heterocycles. The van der Waals surface area contributed by atoms with E-state index in [-0.39, 0.29) is 5.75 Å². The maximum atomic E-state index is 11.9. The summed E-state index contributed by atoms with van der Waals surface area (Å²) in [6.07, 6.45) is 4.45. The summed E-state index contributed by atoms with van der Waals surface area (Å²) in [6, 6.07) is 6.92. The van der Waals surface area contributed by atoms with Crippen LogP contribution < -0.4 is 10.5 Å². The van der Waals surface area contributed by atoms with Crippen molar-refractivity contribution in [3.05, 3.63) is 36.8 Å². The third-order valence-corrected chi connectivity index (χ3v) is 4.92. The SMILES string of the molecule is CCCCS(=O)(=O)Nc1ccc(-n2ncc3c(N)ncnc32)cc1. The van der Waals surface area contributed by atoms with Crippen LogP contribution in [-0.2, 0) is 10.0 Å². The fraction of sp³-hybridized carbons (Fsp3) is 0.267. The number of benzene rings is 1. The number of nitrogens with two attached hydrogens (primary N) is 1. The molecule has 2 aromatic heterocycles. The lowest BCUT2D eigenvalue weighted by molar-refractivity contribution is 0.598. The molecule has 0 bridgehead atoms. The summed E-state index contributed by atoms with van der Waals surface area (Å²) in [6.45, 7) is 1.95. The predicted octanol–water partition coefficient (Wildman–Crippen LogP) is 1.94. The van der Waals surface area contributed by atoms with Gasteiger partial charge in [-0.15, -0.1) is 0 Å². The Morgan fingerprint density at radius 1 is 1.21 bits per heavy atom. The summed E-state index contributed by atoms with van der Waals surface area (Å²) in [7, 11) is -3.31. The molecule has 8 nitrogen and oxygen atoms in total. The zero-order valence-corrected chi connectivity index (χ0v) is 14.0. The molecule has 1 aromatic carbocycles. The fourth-order valence-electron chi connectivity index (χ4n) is 2.29. The summed E-state index contributed by atoms with van der Waals surface area (Å²) < 4.78 is 28.0. The van der Waals surface area contributed by atoms with E-state index in [1.165, 1.54) is 6.33 Å². The van der Waals surface area contributed by atoms with Gasteiger partial charge >= 0.3 is 0 Å². The molecule has 0 unspecified atom stereocenters. The minimum absolute atomic E-state index is 0.116. The number of hydrogen-bond acceptors (Lipinski definition) is 6. The molecule has 0 aliphatic rings. The summed E-state index contributed by atoms with van der Waals surface area (Å²) in [5.41, 5.74) is 7.66. The highest BCUT2D eigenvalue weighted by Gasteiger charge is 2.11. The highest BCUT2D eigenvalue weighted by molar-refractivity contribution is 7.92. The third-order valence-electron chi connectivity index (χ3n) is 3.55. The maximum Gasteiger partial charge on any atom is 0.232 e. The smallest absolute Gasteiger partial charge is 0.232 e. The molecular formula is C15H18N6O2S. The van der Waals surface area contributed by atoms with E-state index in [4.69, 9.17) is 5.73 Å². The number of nitrogens with one attached hydrogen (secondary N) is 1. The molecule has 0 aliphatic carbocycles. The zero-order chi connectivity index (χ0) is 17.2. The van der Waals surface area contributed by atoms with Crippen molar-refractivity contribution in [2.45, 2.75) is 19.8 Å². The molecule has 0 radical (unpaired) electrons. The second kappa shape index (κ2) is 6.44. The number of hydrogen-bond donors (Lipinski definition) is 2. The number of anilines is 2. The third kappa shape index (κ3) is 3.30. The lowest BCUT2D eigenvalue weighted by atomic mass is 10.3. The van der Waals surface area contributed by atoms with Gasteiger partial charge in [0.05, 0.1) is 23.0 Å². The van der Waals surface area contributed by atoms with Gasteiger partial charge in [0, 0.05) is 5.69 Å². The molecule has 0 atom stereocenters. The Balaban J connectivity index is 1.85. The molecule has 0 fully saturated rings. The van der Waals surface area contributed by atoms with Crippen LogP contribution in [0, 0.1) is 0 Å². The van der Waals surface area contributed by atoms with Crippen molar-refractivity contribution < 1.29 is 8.42 Å². The number of nitrogens with zero attached hydrogens (tertiary/aromatic N) is 4. The molecule has 3 rings (SSSR count). The second-order valence-corrected chi connectivity index (χ2v) is 7.22. The molecule has 0 saturated carbocycles. The molecule has 2 heterocycles. The topological polar surface area (TPSA) is 116 Å². The first kappa shape index (κ1) is 16.2. The second-order valence-electron chi connectivity index (χ2n) is 5.37. The van der Waals surface area contributed by atoms with Crippen LogP contribution in [0.3, 0.4) is 0 Å². The van der Waals surface area contributed by atoms with Gasteiger partial charge in [-0.05, 0) is 30.7 Å². The van der Waals surface area contributed by atoms with Gasteiger partial charge in [-0.25, -0.2) is 23.1 Å². The van der Waals surface area contributed by atoms with Gasteiger partial charge in [0.15, 0.2) is 5.65 Å². The number of aromatic nitrogens is 4. The van der Waals surface area contributed by atoms with E-state index in [0.717, 1.165) is 12.1 Å². The minimum atomic E-state index is -3.31. The summed E-state index contributed by atoms with van der Waals surface area (Å²) >= 11 is 0. The van der Waals surface area contributed by atoms with E-state index < -0.39 is 10.0 Å². The van der Waals surface area contributed by atoms with Crippen LogP contribution >= 0.6 is 0 Å². The molecule has 0 saturated heterocycles. The van der Waals surface area contributed by atoms with Gasteiger partial charge in [-0.3, -0.25) is 4.72 Å². The Labute approximate surface area is 139 Å². The van der Waals surface area contributed by atoms with Crippen molar-refractivity contribution in [3.63, 3.8) is 0 Å². The molecule has 0 spiro atoms. The molecule has 0 amide bonds. The van der Waals surface area contributed by atoms with Crippen molar-refractivity contribution in [1.82, 2.24) is 19.7 Å². The largest absolute Gasteiger partial charge is 0.383 e. The summed E-state index contributed by atoms with van der Waals surface area (Å²) in [5.74, 6) is 0.483. The van der Waals surface area contributed by atoms with Crippen LogP contribution in [-0.4, -0.2) is 33.9 Å². The number of nitrogen functional groups attached to an aromatic ring is 1. The Kier molecular flexibility index (Phi) is 4.34. The van der Waals surface area contributed by atoms with Crippen molar-refractivity contribution in [3.8, 4) is 5.69 Å². The molecule has 9 heteroatoms. The lowest BCUT2D eigenvalue weighted by Gasteiger charge is -2.09. The fourth-order valence-corrected chi connectivity index (χ4v) is 3.55. The van der Waals surface area contributed by atoms with Crippen molar-refractivity contribution >= 4 is 32.6 Å².